The zero-order valence-electron chi connectivity index (χ0n) is 9.17. The molecule has 0 aromatic heterocycles. The van der Waals surface area contributed by atoms with Crippen molar-refractivity contribution < 1.29 is 19.1 Å². The van der Waals surface area contributed by atoms with E-state index in [9.17, 15) is 9.59 Å². The van der Waals surface area contributed by atoms with Gasteiger partial charge in [0, 0.05) is 20.6 Å². The molecule has 0 saturated heterocycles. The van der Waals surface area contributed by atoms with Crippen molar-refractivity contribution in [2.75, 3.05) is 27.0 Å². The van der Waals surface area contributed by atoms with Crippen molar-refractivity contribution in [3.05, 3.63) is 0 Å². The Balaban J connectivity index is 3.22. The SMILES string of the molecule is COCCCCOC(=O)NCNC(C)=O. The van der Waals surface area contributed by atoms with Gasteiger partial charge in [0.15, 0.2) is 0 Å². The van der Waals surface area contributed by atoms with Crippen LogP contribution < -0.4 is 10.6 Å². The minimum atomic E-state index is -0.527. The average Bonchev–Trinajstić information content (AvgIpc) is 2.17. The molecular weight excluding hydrogens is 200 g/mol. The van der Waals surface area contributed by atoms with Crippen LogP contribution in [0, 0.1) is 0 Å². The van der Waals surface area contributed by atoms with Gasteiger partial charge in [0.2, 0.25) is 5.91 Å². The van der Waals surface area contributed by atoms with Crippen LogP contribution in [0.15, 0.2) is 0 Å². The van der Waals surface area contributed by atoms with Gasteiger partial charge in [-0.25, -0.2) is 4.79 Å². The van der Waals surface area contributed by atoms with Gasteiger partial charge in [-0.2, -0.15) is 0 Å². The third kappa shape index (κ3) is 10.6. The predicted octanol–water partition coefficient (Wildman–Crippen LogP) is 0.233. The molecule has 0 spiro atoms. The molecule has 0 aliphatic rings. The highest BCUT2D eigenvalue weighted by molar-refractivity contribution is 5.73. The Morgan fingerprint density at radius 1 is 1.13 bits per heavy atom. The molecule has 6 heteroatoms. The Kier molecular flexibility index (Phi) is 8.46. The highest BCUT2D eigenvalue weighted by atomic mass is 16.5. The zero-order valence-corrected chi connectivity index (χ0v) is 9.17. The highest BCUT2D eigenvalue weighted by Crippen LogP contribution is 1.90. The summed E-state index contributed by atoms with van der Waals surface area (Å²) in [6.45, 7) is 2.48. The molecule has 88 valence electrons. The summed E-state index contributed by atoms with van der Waals surface area (Å²) in [7, 11) is 1.63. The van der Waals surface area contributed by atoms with E-state index in [1.807, 2.05) is 0 Å². The summed E-state index contributed by atoms with van der Waals surface area (Å²) in [4.78, 5) is 21.4. The first-order chi connectivity index (χ1) is 7.16. The van der Waals surface area contributed by atoms with E-state index in [2.05, 4.69) is 10.6 Å². The topological polar surface area (TPSA) is 76.7 Å². The van der Waals surface area contributed by atoms with Gasteiger partial charge in [0.1, 0.15) is 0 Å². The number of rotatable bonds is 7. The molecule has 0 aromatic rings. The molecular formula is C9H18N2O4. The lowest BCUT2D eigenvalue weighted by atomic mass is 10.3. The summed E-state index contributed by atoms with van der Waals surface area (Å²) in [5.41, 5.74) is 0. The highest BCUT2D eigenvalue weighted by Gasteiger charge is 2.00. The Morgan fingerprint density at radius 2 is 1.80 bits per heavy atom. The van der Waals surface area contributed by atoms with Gasteiger partial charge in [0.05, 0.1) is 13.3 Å². The minimum absolute atomic E-state index is 0.0895. The Morgan fingerprint density at radius 3 is 2.40 bits per heavy atom. The standard InChI is InChI=1S/C9H18N2O4/c1-8(12)10-7-11-9(13)15-6-4-3-5-14-2/h3-7H2,1-2H3,(H,10,12)(H,11,13). The lowest BCUT2D eigenvalue weighted by molar-refractivity contribution is -0.119. The number of methoxy groups -OCH3 is 1. The normalized spacial score (nSPS) is 9.47. The molecule has 0 aromatic carbocycles. The van der Waals surface area contributed by atoms with Crippen molar-refractivity contribution in [2.24, 2.45) is 0 Å². The molecule has 0 radical (unpaired) electrons. The third-order valence-electron chi connectivity index (χ3n) is 1.55. The van der Waals surface area contributed by atoms with Crippen LogP contribution in [-0.4, -0.2) is 39.0 Å². The van der Waals surface area contributed by atoms with E-state index in [-0.39, 0.29) is 12.6 Å². The summed E-state index contributed by atoms with van der Waals surface area (Å²) < 4.78 is 9.65. The van der Waals surface area contributed by atoms with Crippen molar-refractivity contribution in [1.82, 2.24) is 10.6 Å². The maximum Gasteiger partial charge on any atom is 0.408 e. The summed E-state index contributed by atoms with van der Waals surface area (Å²) in [5.74, 6) is -0.199. The van der Waals surface area contributed by atoms with Gasteiger partial charge in [-0.3, -0.25) is 4.79 Å². The molecule has 0 aliphatic heterocycles. The first kappa shape index (κ1) is 13.7. The van der Waals surface area contributed by atoms with Crippen LogP contribution in [0.25, 0.3) is 0 Å². The average molecular weight is 218 g/mol. The molecule has 6 nitrogen and oxygen atoms in total. The molecule has 0 atom stereocenters. The third-order valence-corrected chi connectivity index (χ3v) is 1.55. The van der Waals surface area contributed by atoms with E-state index < -0.39 is 6.09 Å². The Labute approximate surface area is 89.3 Å². The van der Waals surface area contributed by atoms with Gasteiger partial charge in [-0.05, 0) is 12.8 Å². The van der Waals surface area contributed by atoms with Crippen molar-refractivity contribution >= 4 is 12.0 Å². The predicted molar refractivity (Wildman–Crippen MR) is 54.3 cm³/mol. The lowest BCUT2D eigenvalue weighted by Crippen LogP contribution is -2.36. The van der Waals surface area contributed by atoms with Crippen molar-refractivity contribution in [3.8, 4) is 0 Å². The molecule has 0 bridgehead atoms. The molecule has 0 aliphatic carbocycles. The number of nitrogens with one attached hydrogen (secondary N) is 2. The number of hydrogen-bond acceptors (Lipinski definition) is 4. The Hall–Kier alpha value is -1.30. The van der Waals surface area contributed by atoms with Crippen LogP contribution >= 0.6 is 0 Å². The quantitative estimate of drug-likeness (QED) is 0.474. The summed E-state index contributed by atoms with van der Waals surface area (Å²) in [5, 5.41) is 4.80. The van der Waals surface area contributed by atoms with Crippen LogP contribution in [0.4, 0.5) is 4.79 Å². The molecule has 2 amide bonds. The maximum atomic E-state index is 10.9. The number of unbranched alkanes of at least 4 members (excludes halogenated alkanes) is 1. The number of carbonyl (C=O) groups is 2. The number of alkyl carbamates (subject to hydrolysis) is 1. The molecule has 0 fully saturated rings. The number of ether oxygens (including phenoxy) is 2. The smallest absolute Gasteiger partial charge is 0.408 e. The van der Waals surface area contributed by atoms with E-state index in [4.69, 9.17) is 9.47 Å². The maximum absolute atomic E-state index is 10.9. The van der Waals surface area contributed by atoms with Gasteiger partial charge in [-0.1, -0.05) is 0 Å². The van der Waals surface area contributed by atoms with Crippen LogP contribution in [0.5, 0.6) is 0 Å². The van der Waals surface area contributed by atoms with Crippen LogP contribution in [0.1, 0.15) is 19.8 Å². The van der Waals surface area contributed by atoms with Crippen LogP contribution in [0.3, 0.4) is 0 Å². The van der Waals surface area contributed by atoms with Gasteiger partial charge >= 0.3 is 6.09 Å². The van der Waals surface area contributed by atoms with Gasteiger partial charge in [0.25, 0.3) is 0 Å². The molecule has 0 rings (SSSR count). The molecule has 0 heterocycles. The van der Waals surface area contributed by atoms with E-state index in [0.717, 1.165) is 12.8 Å². The summed E-state index contributed by atoms with van der Waals surface area (Å²) in [6, 6.07) is 0. The van der Waals surface area contributed by atoms with Gasteiger partial charge < -0.3 is 20.1 Å². The molecule has 0 unspecified atom stereocenters. The second-order valence-electron chi connectivity index (χ2n) is 2.92. The fraction of sp³-hybridized carbons (Fsp3) is 0.778. The molecule has 2 N–H and O–H groups in total. The second kappa shape index (κ2) is 9.26. The van der Waals surface area contributed by atoms with Crippen LogP contribution in [-0.2, 0) is 14.3 Å². The molecule has 0 saturated carbocycles. The number of hydrogen-bond donors (Lipinski definition) is 2. The zero-order chi connectivity index (χ0) is 11.5. The minimum Gasteiger partial charge on any atom is -0.450 e. The fourth-order valence-electron chi connectivity index (χ4n) is 0.805. The number of amides is 2. The second-order valence-corrected chi connectivity index (χ2v) is 2.92. The first-order valence-corrected chi connectivity index (χ1v) is 4.81. The van der Waals surface area contributed by atoms with Gasteiger partial charge in [-0.15, -0.1) is 0 Å². The van der Waals surface area contributed by atoms with E-state index in [0.29, 0.717) is 13.2 Å². The van der Waals surface area contributed by atoms with E-state index in [1.54, 1.807) is 7.11 Å². The van der Waals surface area contributed by atoms with Crippen molar-refractivity contribution in [2.45, 2.75) is 19.8 Å². The summed E-state index contributed by atoms with van der Waals surface area (Å²) >= 11 is 0. The monoisotopic (exact) mass is 218 g/mol. The first-order valence-electron chi connectivity index (χ1n) is 4.81. The van der Waals surface area contributed by atoms with Crippen LogP contribution in [0.2, 0.25) is 0 Å². The molecule has 15 heavy (non-hydrogen) atoms. The largest absolute Gasteiger partial charge is 0.450 e. The Bertz CT molecular complexity index is 197. The number of carbonyl (C=O) groups excluding carboxylic acids is 2. The van der Waals surface area contributed by atoms with E-state index >= 15 is 0 Å². The fourth-order valence-corrected chi connectivity index (χ4v) is 0.805. The summed E-state index contributed by atoms with van der Waals surface area (Å²) in [6.07, 6.45) is 1.10. The van der Waals surface area contributed by atoms with Crippen molar-refractivity contribution in [3.63, 3.8) is 0 Å². The van der Waals surface area contributed by atoms with E-state index in [1.165, 1.54) is 6.92 Å². The lowest BCUT2D eigenvalue weighted by Gasteiger charge is -2.06. The van der Waals surface area contributed by atoms with Crippen molar-refractivity contribution in [1.29, 1.82) is 0 Å².